The number of hydrazine groups is 1. The quantitative estimate of drug-likeness (QED) is 0.514. The van der Waals surface area contributed by atoms with Gasteiger partial charge in [0.15, 0.2) is 0 Å². The second-order valence-corrected chi connectivity index (χ2v) is 3.77. The molecule has 1 aromatic heterocycles. The highest BCUT2D eigenvalue weighted by Crippen LogP contribution is 2.33. The Labute approximate surface area is 78.1 Å². The fourth-order valence-electron chi connectivity index (χ4n) is 1.65. The van der Waals surface area contributed by atoms with Crippen LogP contribution in [0.15, 0.2) is 12.4 Å². The molecule has 1 unspecified atom stereocenters. The van der Waals surface area contributed by atoms with Crippen LogP contribution in [0, 0.1) is 5.92 Å². The van der Waals surface area contributed by atoms with Crippen LogP contribution in [-0.4, -0.2) is 15.6 Å². The lowest BCUT2D eigenvalue weighted by Gasteiger charge is -2.14. The molecule has 2 rings (SSSR count). The zero-order valence-corrected chi connectivity index (χ0v) is 7.90. The maximum absolute atomic E-state index is 5.49. The van der Waals surface area contributed by atoms with E-state index in [9.17, 15) is 0 Å². The largest absolute Gasteiger partial charge is 0.338 e. The predicted molar refractivity (Wildman–Crippen MR) is 50.7 cm³/mol. The lowest BCUT2D eigenvalue weighted by atomic mass is 10.1. The Morgan fingerprint density at radius 2 is 2.54 bits per heavy atom. The van der Waals surface area contributed by atoms with Gasteiger partial charge in [0.25, 0.3) is 0 Å². The average molecular weight is 180 g/mol. The summed E-state index contributed by atoms with van der Waals surface area (Å²) in [4.78, 5) is 4.28. The van der Waals surface area contributed by atoms with Gasteiger partial charge in [0.05, 0.1) is 0 Å². The molecule has 1 aliphatic rings. The number of nitrogens with two attached hydrogens (primary N) is 1. The van der Waals surface area contributed by atoms with Crippen LogP contribution in [0.1, 0.15) is 18.7 Å². The molecule has 72 valence electrons. The van der Waals surface area contributed by atoms with E-state index in [1.54, 1.807) is 0 Å². The van der Waals surface area contributed by atoms with Crippen molar-refractivity contribution in [3.05, 3.63) is 18.2 Å². The number of aryl methyl sites for hydroxylation is 1. The van der Waals surface area contributed by atoms with E-state index in [0.29, 0.717) is 6.04 Å². The molecule has 0 spiro atoms. The van der Waals surface area contributed by atoms with Crippen LogP contribution >= 0.6 is 0 Å². The van der Waals surface area contributed by atoms with Gasteiger partial charge in [0.1, 0.15) is 5.82 Å². The van der Waals surface area contributed by atoms with Gasteiger partial charge in [0, 0.05) is 31.9 Å². The van der Waals surface area contributed by atoms with Crippen LogP contribution in [0.2, 0.25) is 0 Å². The first kappa shape index (κ1) is 8.72. The number of aromatic nitrogens is 2. The number of imidazole rings is 1. The number of hydrogen-bond acceptors (Lipinski definition) is 3. The van der Waals surface area contributed by atoms with Crippen LogP contribution in [0.25, 0.3) is 0 Å². The lowest BCUT2D eigenvalue weighted by molar-refractivity contribution is 0.458. The summed E-state index contributed by atoms with van der Waals surface area (Å²) in [5.41, 5.74) is 2.88. The SMILES string of the molecule is Cn1ccnc1CC(NN)C1CC1. The first-order valence-corrected chi connectivity index (χ1v) is 4.73. The molecule has 0 bridgehead atoms. The van der Waals surface area contributed by atoms with Gasteiger partial charge in [-0.2, -0.15) is 0 Å². The third-order valence-corrected chi connectivity index (χ3v) is 2.73. The predicted octanol–water partition coefficient (Wildman–Crippen LogP) is 0.204. The van der Waals surface area contributed by atoms with Gasteiger partial charge in [-0.3, -0.25) is 11.3 Å². The van der Waals surface area contributed by atoms with Crippen LogP contribution in [-0.2, 0) is 13.5 Å². The van der Waals surface area contributed by atoms with Crippen molar-refractivity contribution in [2.75, 3.05) is 0 Å². The molecule has 0 aromatic carbocycles. The highest BCUT2D eigenvalue weighted by molar-refractivity contribution is 4.98. The van der Waals surface area contributed by atoms with E-state index < -0.39 is 0 Å². The van der Waals surface area contributed by atoms with E-state index in [-0.39, 0.29) is 0 Å². The smallest absolute Gasteiger partial charge is 0.109 e. The summed E-state index contributed by atoms with van der Waals surface area (Å²) in [6.45, 7) is 0. The van der Waals surface area contributed by atoms with Crippen LogP contribution in [0.4, 0.5) is 0 Å². The molecule has 1 atom stereocenters. The number of nitrogens with zero attached hydrogens (tertiary/aromatic N) is 2. The van der Waals surface area contributed by atoms with E-state index in [1.165, 1.54) is 12.8 Å². The maximum atomic E-state index is 5.49. The van der Waals surface area contributed by atoms with Gasteiger partial charge >= 0.3 is 0 Å². The minimum absolute atomic E-state index is 0.404. The highest BCUT2D eigenvalue weighted by Gasteiger charge is 2.31. The van der Waals surface area contributed by atoms with Crippen molar-refractivity contribution in [1.82, 2.24) is 15.0 Å². The minimum Gasteiger partial charge on any atom is -0.338 e. The third-order valence-electron chi connectivity index (χ3n) is 2.73. The Morgan fingerprint density at radius 3 is 3.00 bits per heavy atom. The van der Waals surface area contributed by atoms with Gasteiger partial charge in [0.2, 0.25) is 0 Å². The molecular formula is C9H16N4. The Kier molecular flexibility index (Phi) is 2.33. The molecule has 3 N–H and O–H groups in total. The minimum atomic E-state index is 0.404. The second-order valence-electron chi connectivity index (χ2n) is 3.77. The Balaban J connectivity index is 1.99. The first-order chi connectivity index (χ1) is 6.31. The molecule has 0 amide bonds. The first-order valence-electron chi connectivity index (χ1n) is 4.73. The van der Waals surface area contributed by atoms with Gasteiger partial charge < -0.3 is 4.57 Å². The van der Waals surface area contributed by atoms with E-state index >= 15 is 0 Å². The summed E-state index contributed by atoms with van der Waals surface area (Å²) in [6.07, 6.45) is 7.34. The Morgan fingerprint density at radius 1 is 1.77 bits per heavy atom. The third kappa shape index (κ3) is 1.89. The van der Waals surface area contributed by atoms with Crippen LogP contribution in [0.5, 0.6) is 0 Å². The van der Waals surface area contributed by atoms with Gasteiger partial charge in [-0.05, 0) is 18.8 Å². The molecule has 1 heterocycles. The molecule has 1 fully saturated rings. The van der Waals surface area contributed by atoms with Crippen LogP contribution in [0.3, 0.4) is 0 Å². The van der Waals surface area contributed by atoms with Gasteiger partial charge in [-0.1, -0.05) is 0 Å². The van der Waals surface area contributed by atoms with E-state index in [4.69, 9.17) is 5.84 Å². The van der Waals surface area contributed by atoms with Gasteiger partial charge in [-0.25, -0.2) is 4.98 Å². The second kappa shape index (κ2) is 3.47. The lowest BCUT2D eigenvalue weighted by Crippen LogP contribution is -2.39. The molecule has 4 nitrogen and oxygen atoms in total. The molecular weight excluding hydrogens is 164 g/mol. The summed E-state index contributed by atoms with van der Waals surface area (Å²) in [7, 11) is 2.02. The topological polar surface area (TPSA) is 55.9 Å². The Bertz CT molecular complexity index is 277. The molecule has 1 aromatic rings. The number of rotatable bonds is 4. The monoisotopic (exact) mass is 180 g/mol. The molecule has 0 radical (unpaired) electrons. The summed E-state index contributed by atoms with van der Waals surface area (Å²) >= 11 is 0. The van der Waals surface area contributed by atoms with Crippen LogP contribution < -0.4 is 11.3 Å². The molecule has 0 saturated heterocycles. The molecule has 13 heavy (non-hydrogen) atoms. The fraction of sp³-hybridized carbons (Fsp3) is 0.667. The van der Waals surface area contributed by atoms with Crippen molar-refractivity contribution in [3.63, 3.8) is 0 Å². The zero-order chi connectivity index (χ0) is 9.26. The molecule has 1 saturated carbocycles. The maximum Gasteiger partial charge on any atom is 0.109 e. The fourth-order valence-corrected chi connectivity index (χ4v) is 1.65. The van der Waals surface area contributed by atoms with Crippen molar-refractivity contribution < 1.29 is 0 Å². The average Bonchev–Trinajstić information content (AvgIpc) is 2.88. The summed E-state index contributed by atoms with van der Waals surface area (Å²) in [6, 6.07) is 0.404. The van der Waals surface area contributed by atoms with Crippen molar-refractivity contribution in [1.29, 1.82) is 0 Å². The summed E-state index contributed by atoms with van der Waals surface area (Å²) in [5.74, 6) is 7.37. The number of nitrogens with one attached hydrogen (secondary N) is 1. The zero-order valence-electron chi connectivity index (χ0n) is 7.90. The highest BCUT2D eigenvalue weighted by atomic mass is 15.2. The van der Waals surface area contributed by atoms with E-state index in [0.717, 1.165) is 18.2 Å². The van der Waals surface area contributed by atoms with Crippen molar-refractivity contribution in [3.8, 4) is 0 Å². The molecule has 4 heteroatoms. The van der Waals surface area contributed by atoms with Crippen molar-refractivity contribution in [2.45, 2.75) is 25.3 Å². The van der Waals surface area contributed by atoms with Crippen molar-refractivity contribution >= 4 is 0 Å². The Hall–Kier alpha value is -0.870. The van der Waals surface area contributed by atoms with E-state index in [2.05, 4.69) is 10.4 Å². The standard InChI is InChI=1S/C9H16N4/c1-13-5-4-11-9(13)6-8(12-10)7-2-3-7/h4-5,7-8,12H,2-3,6,10H2,1H3. The molecule has 1 aliphatic carbocycles. The summed E-state index contributed by atoms with van der Waals surface area (Å²) < 4.78 is 2.05. The number of hydrogen-bond donors (Lipinski definition) is 2. The summed E-state index contributed by atoms with van der Waals surface area (Å²) in [5, 5.41) is 0. The normalized spacial score (nSPS) is 18.9. The van der Waals surface area contributed by atoms with Crippen molar-refractivity contribution in [2.24, 2.45) is 18.8 Å². The van der Waals surface area contributed by atoms with E-state index in [1.807, 2.05) is 24.0 Å². The van der Waals surface area contributed by atoms with Gasteiger partial charge in [-0.15, -0.1) is 0 Å². The molecule has 0 aliphatic heterocycles.